The molecule has 2 saturated carbocycles. The van der Waals surface area contributed by atoms with Crippen molar-refractivity contribution in [3.05, 3.63) is 92.0 Å². The topological polar surface area (TPSA) is 258 Å². The molecule has 0 spiro atoms. The molecular formula is C44H59F3N14O6. The highest BCUT2D eigenvalue weighted by molar-refractivity contribution is 5.81. The summed E-state index contributed by atoms with van der Waals surface area (Å²) >= 11 is 0. The fraction of sp³-hybridized carbons (Fsp3) is 0.545. The van der Waals surface area contributed by atoms with Crippen LogP contribution in [0.5, 0.6) is 5.75 Å². The van der Waals surface area contributed by atoms with Crippen molar-refractivity contribution in [2.45, 2.75) is 109 Å². The molecule has 1 saturated heterocycles. The van der Waals surface area contributed by atoms with E-state index in [1.54, 1.807) is 31.3 Å². The second-order valence-corrected chi connectivity index (χ2v) is 17.3. The average Bonchev–Trinajstić information content (AvgIpc) is 3.80. The minimum absolute atomic E-state index is 0.0317. The zero-order valence-corrected chi connectivity index (χ0v) is 37.9. The van der Waals surface area contributed by atoms with Crippen molar-refractivity contribution in [2.24, 2.45) is 17.6 Å². The van der Waals surface area contributed by atoms with E-state index < -0.39 is 16.2 Å². The summed E-state index contributed by atoms with van der Waals surface area (Å²) in [7, 11) is 3.58. The number of nitro groups is 2. The van der Waals surface area contributed by atoms with Crippen LogP contribution in [0.2, 0.25) is 0 Å². The summed E-state index contributed by atoms with van der Waals surface area (Å²) in [6, 6.07) is 10.1. The highest BCUT2D eigenvalue weighted by Crippen LogP contribution is 2.34. The van der Waals surface area contributed by atoms with Crippen molar-refractivity contribution in [2.75, 3.05) is 55.0 Å². The van der Waals surface area contributed by atoms with E-state index in [0.29, 0.717) is 37.5 Å². The largest absolute Gasteiger partial charge is 0.573 e. The zero-order valence-electron chi connectivity index (χ0n) is 37.9. The van der Waals surface area contributed by atoms with E-state index in [2.05, 4.69) is 55.8 Å². The standard InChI is InChI=1S/C26H34F3N7O4.C18H25N7O2/c1-34(2)24(37)20-7-5-13-35(20)19-11-9-17(10-12-19)14-30-23-21(36(38)39)16-32-25(33-23)31-15-18-6-3-4-8-22(18)40-26(27,28)29;1-12-14(3-2-8-20-12)10-22-18-23-11-16(25(26)27)17(24-18)21-9-13-4-6-15(19)7-5-13/h3-4,6,8,16-17,19-20H,5,7,9-15H2,1-2H3,(H2,30,31,32,33);2-3,8,11,13,15H,4-7,9-10,19H2,1H3,(H2,21,22,23,24)/t17?,19?,20-;/m0./s1. The minimum Gasteiger partial charge on any atom is -0.405 e. The first kappa shape index (κ1) is 49.9. The third kappa shape index (κ3) is 14.5. The van der Waals surface area contributed by atoms with Gasteiger partial charge in [-0.1, -0.05) is 24.3 Å². The summed E-state index contributed by atoms with van der Waals surface area (Å²) in [5, 5.41) is 35.0. The van der Waals surface area contributed by atoms with Crippen LogP contribution in [0.15, 0.2) is 55.0 Å². The molecule has 0 radical (unpaired) electrons. The van der Waals surface area contributed by atoms with Gasteiger partial charge in [0.25, 0.3) is 0 Å². The molecule has 362 valence electrons. The van der Waals surface area contributed by atoms with Gasteiger partial charge in [0.2, 0.25) is 29.4 Å². The van der Waals surface area contributed by atoms with E-state index in [-0.39, 0.29) is 70.7 Å². The predicted octanol–water partition coefficient (Wildman–Crippen LogP) is 7.05. The van der Waals surface area contributed by atoms with E-state index in [1.165, 1.54) is 24.4 Å². The first-order valence-electron chi connectivity index (χ1n) is 22.5. The predicted molar refractivity (Wildman–Crippen MR) is 245 cm³/mol. The Morgan fingerprint density at radius 3 is 1.87 bits per heavy atom. The molecule has 1 atom stereocenters. The summed E-state index contributed by atoms with van der Waals surface area (Å²) in [4.78, 5) is 59.2. The molecule has 0 unspecified atom stereocenters. The van der Waals surface area contributed by atoms with Crippen molar-refractivity contribution in [1.82, 2.24) is 34.7 Å². The van der Waals surface area contributed by atoms with Gasteiger partial charge in [0.05, 0.1) is 15.9 Å². The van der Waals surface area contributed by atoms with Crippen molar-refractivity contribution >= 4 is 40.8 Å². The number of amides is 1. The molecular weight excluding hydrogens is 878 g/mol. The normalized spacial score (nSPS) is 20.7. The van der Waals surface area contributed by atoms with E-state index in [4.69, 9.17) is 5.73 Å². The smallest absolute Gasteiger partial charge is 0.405 e. The second kappa shape index (κ2) is 23.3. The fourth-order valence-electron chi connectivity index (χ4n) is 8.72. The number of para-hydroxylation sites is 1. The number of alkyl halides is 3. The van der Waals surface area contributed by atoms with Gasteiger partial charge in [0.1, 0.15) is 18.1 Å². The van der Waals surface area contributed by atoms with E-state index in [9.17, 15) is 38.2 Å². The Labute approximate surface area is 386 Å². The number of benzene rings is 1. The number of carbonyl (C=O) groups is 1. The molecule has 67 heavy (non-hydrogen) atoms. The third-order valence-corrected chi connectivity index (χ3v) is 12.4. The fourth-order valence-corrected chi connectivity index (χ4v) is 8.72. The minimum atomic E-state index is -4.84. The number of nitrogens with two attached hydrogens (primary N) is 1. The Hall–Kier alpha value is -6.49. The molecule has 1 aliphatic heterocycles. The van der Waals surface area contributed by atoms with Crippen molar-refractivity contribution in [3.63, 3.8) is 0 Å². The molecule has 3 fully saturated rings. The lowest BCUT2D eigenvalue weighted by molar-refractivity contribution is -0.384. The van der Waals surface area contributed by atoms with Crippen LogP contribution in [0, 0.1) is 39.0 Å². The molecule has 4 aromatic rings. The number of rotatable bonds is 17. The van der Waals surface area contributed by atoms with Crippen LogP contribution < -0.4 is 31.7 Å². The number of aryl methyl sites for hydroxylation is 1. The lowest BCUT2D eigenvalue weighted by atomic mass is 9.85. The number of likely N-dealkylation sites (tertiary alicyclic amines) is 1. The summed E-state index contributed by atoms with van der Waals surface area (Å²) in [6.45, 7) is 4.39. The molecule has 2 aliphatic carbocycles. The maximum absolute atomic E-state index is 12.7. The number of aromatic nitrogens is 5. The van der Waals surface area contributed by atoms with Crippen LogP contribution in [-0.4, -0.2) is 109 Å². The van der Waals surface area contributed by atoms with Crippen molar-refractivity contribution < 1.29 is 32.5 Å². The Balaban J connectivity index is 0.000000238. The van der Waals surface area contributed by atoms with Crippen LogP contribution in [0.4, 0.5) is 48.1 Å². The SMILES string of the molecule is CN(C)C(=O)[C@@H]1CCCN1C1CCC(CNc2nc(NCc3ccccc3OC(F)(F)F)ncc2[N+](=O)[O-])CC1.Cc1ncccc1CNc1ncc([N+](=O)[O-])c(NCC2CCC(N)CC2)n1. The summed E-state index contributed by atoms with van der Waals surface area (Å²) < 4.78 is 42.2. The van der Waals surface area contributed by atoms with Crippen LogP contribution in [0.1, 0.15) is 81.0 Å². The second-order valence-electron chi connectivity index (χ2n) is 17.3. The van der Waals surface area contributed by atoms with Crippen molar-refractivity contribution in [1.29, 1.82) is 0 Å². The van der Waals surface area contributed by atoms with Gasteiger partial charge < -0.3 is 36.6 Å². The third-order valence-electron chi connectivity index (χ3n) is 12.4. The number of nitrogens with zero attached hydrogens (tertiary/aromatic N) is 9. The Morgan fingerprint density at radius 1 is 0.791 bits per heavy atom. The monoisotopic (exact) mass is 936 g/mol. The number of likely N-dealkylation sites (N-methyl/N-ethyl adjacent to an activating group) is 1. The number of hydrogen-bond donors (Lipinski definition) is 5. The Morgan fingerprint density at radius 2 is 1.33 bits per heavy atom. The van der Waals surface area contributed by atoms with E-state index in [1.807, 2.05) is 19.1 Å². The van der Waals surface area contributed by atoms with Gasteiger partial charge >= 0.3 is 17.7 Å². The van der Waals surface area contributed by atoms with Crippen LogP contribution in [-0.2, 0) is 17.9 Å². The van der Waals surface area contributed by atoms with Gasteiger partial charge in [-0.05, 0) is 107 Å². The summed E-state index contributed by atoms with van der Waals surface area (Å²) in [5.74, 6) is 1.19. The molecule has 6 N–H and O–H groups in total. The highest BCUT2D eigenvalue weighted by atomic mass is 19.4. The van der Waals surface area contributed by atoms with Gasteiger partial charge in [0, 0.05) is 69.8 Å². The van der Waals surface area contributed by atoms with Gasteiger partial charge in [-0.3, -0.25) is 34.9 Å². The number of hydrogen-bond acceptors (Lipinski definition) is 17. The number of halogens is 3. The van der Waals surface area contributed by atoms with Crippen LogP contribution >= 0.6 is 0 Å². The number of ether oxygens (including phenoxy) is 1. The first-order chi connectivity index (χ1) is 32.0. The van der Waals surface area contributed by atoms with Crippen LogP contribution in [0.25, 0.3) is 0 Å². The zero-order chi connectivity index (χ0) is 48.1. The first-order valence-corrected chi connectivity index (χ1v) is 22.5. The summed E-state index contributed by atoms with van der Waals surface area (Å²) in [6.07, 6.45) is 8.87. The number of carbonyl (C=O) groups excluding carboxylic acids is 1. The number of anilines is 4. The lowest BCUT2D eigenvalue weighted by Crippen LogP contribution is -2.48. The molecule has 4 heterocycles. The molecule has 23 heteroatoms. The Kier molecular flexibility index (Phi) is 17.4. The molecule has 3 aliphatic rings. The number of pyridine rings is 1. The maximum atomic E-state index is 12.7. The van der Waals surface area contributed by atoms with Crippen LogP contribution in [0.3, 0.4) is 0 Å². The molecule has 0 bridgehead atoms. The van der Waals surface area contributed by atoms with Crippen molar-refractivity contribution in [3.8, 4) is 5.75 Å². The van der Waals surface area contributed by atoms with Gasteiger partial charge in [-0.2, -0.15) is 9.97 Å². The highest BCUT2D eigenvalue weighted by Gasteiger charge is 2.38. The van der Waals surface area contributed by atoms with E-state index in [0.717, 1.165) is 88.2 Å². The maximum Gasteiger partial charge on any atom is 0.573 e. The molecule has 1 aromatic carbocycles. The van der Waals surface area contributed by atoms with Gasteiger partial charge in [0.15, 0.2) is 0 Å². The summed E-state index contributed by atoms with van der Waals surface area (Å²) in [5.41, 5.74) is 7.69. The average molecular weight is 937 g/mol. The quantitative estimate of drug-likeness (QED) is 0.0525. The lowest BCUT2D eigenvalue weighted by Gasteiger charge is -2.38. The van der Waals surface area contributed by atoms with E-state index >= 15 is 0 Å². The molecule has 7 rings (SSSR count). The molecule has 3 aromatic heterocycles. The van der Waals surface area contributed by atoms with Gasteiger partial charge in [-0.25, -0.2) is 9.97 Å². The number of nitrogens with one attached hydrogen (secondary N) is 4. The van der Waals surface area contributed by atoms with Gasteiger partial charge in [-0.15, -0.1) is 13.2 Å². The molecule has 1 amide bonds. The Bertz CT molecular complexity index is 2290. The molecule has 20 nitrogen and oxygen atoms in total.